The van der Waals surface area contributed by atoms with Crippen molar-refractivity contribution in [1.82, 2.24) is 0 Å². The van der Waals surface area contributed by atoms with Crippen LogP contribution < -0.4 is 0 Å². The van der Waals surface area contributed by atoms with Gasteiger partial charge in [0, 0.05) is 11.9 Å². The van der Waals surface area contributed by atoms with Crippen molar-refractivity contribution in [1.29, 1.82) is 0 Å². The average molecular weight is 275 g/mol. The number of hydrogen-bond acceptors (Lipinski definition) is 1. The van der Waals surface area contributed by atoms with E-state index >= 15 is 0 Å². The van der Waals surface area contributed by atoms with Crippen LogP contribution in [0.2, 0.25) is 0 Å². The molecule has 15 heavy (non-hydrogen) atoms. The predicted molar refractivity (Wildman–Crippen MR) is 67.5 cm³/mol. The van der Waals surface area contributed by atoms with E-state index in [1.165, 1.54) is 57.8 Å². The van der Waals surface area contributed by atoms with E-state index in [1.54, 1.807) is 0 Å². The largest absolute Gasteiger partial charge is 0.375 e. The first-order chi connectivity index (χ1) is 7.35. The van der Waals surface area contributed by atoms with Gasteiger partial charge in [0.25, 0.3) is 0 Å². The Morgan fingerprint density at radius 1 is 1.20 bits per heavy atom. The van der Waals surface area contributed by atoms with Crippen LogP contribution in [0.15, 0.2) is 0 Å². The normalized spacial score (nSPS) is 30.6. The van der Waals surface area contributed by atoms with Gasteiger partial charge >= 0.3 is 0 Å². The standard InChI is InChI=1S/C13H23BrO/c14-9-4-5-12-6-10-15-13(11-12)7-2-1-3-8-13/h12H,1-11H2. The molecule has 0 aromatic heterocycles. The molecule has 2 aliphatic rings. The van der Waals surface area contributed by atoms with Crippen LogP contribution in [0, 0.1) is 5.92 Å². The molecular formula is C13H23BrO. The molecule has 0 radical (unpaired) electrons. The van der Waals surface area contributed by atoms with Crippen molar-refractivity contribution in [3.05, 3.63) is 0 Å². The van der Waals surface area contributed by atoms with Crippen molar-refractivity contribution in [3.8, 4) is 0 Å². The van der Waals surface area contributed by atoms with E-state index in [9.17, 15) is 0 Å². The van der Waals surface area contributed by atoms with Crippen molar-refractivity contribution in [2.45, 2.75) is 63.4 Å². The van der Waals surface area contributed by atoms with Gasteiger partial charge in [0.1, 0.15) is 0 Å². The van der Waals surface area contributed by atoms with Crippen molar-refractivity contribution >= 4 is 15.9 Å². The molecule has 1 aliphatic heterocycles. The second-order valence-electron chi connectivity index (χ2n) is 5.28. The third kappa shape index (κ3) is 3.20. The first-order valence-electron chi connectivity index (χ1n) is 6.55. The van der Waals surface area contributed by atoms with E-state index in [0.717, 1.165) is 17.9 Å². The van der Waals surface area contributed by atoms with Gasteiger partial charge in [-0.15, -0.1) is 0 Å². The lowest BCUT2D eigenvalue weighted by Crippen LogP contribution is -2.41. The molecule has 0 N–H and O–H groups in total. The molecule has 1 atom stereocenters. The average Bonchev–Trinajstić information content (AvgIpc) is 2.28. The Morgan fingerprint density at radius 3 is 2.73 bits per heavy atom. The van der Waals surface area contributed by atoms with E-state index in [2.05, 4.69) is 15.9 Å². The summed E-state index contributed by atoms with van der Waals surface area (Å²) in [6.45, 7) is 1.02. The zero-order chi connectivity index (χ0) is 10.6. The van der Waals surface area contributed by atoms with Crippen molar-refractivity contribution < 1.29 is 4.74 Å². The number of rotatable bonds is 3. The van der Waals surface area contributed by atoms with Crippen LogP contribution in [0.5, 0.6) is 0 Å². The highest BCUT2D eigenvalue weighted by atomic mass is 79.9. The summed E-state index contributed by atoms with van der Waals surface area (Å²) in [7, 11) is 0. The molecule has 0 amide bonds. The molecule has 2 heteroatoms. The van der Waals surface area contributed by atoms with Gasteiger partial charge in [0.15, 0.2) is 0 Å². The Bertz CT molecular complexity index is 181. The maximum Gasteiger partial charge on any atom is 0.0685 e. The van der Waals surface area contributed by atoms with Crippen LogP contribution in [-0.4, -0.2) is 17.5 Å². The second kappa shape index (κ2) is 5.67. The van der Waals surface area contributed by atoms with Crippen LogP contribution in [0.3, 0.4) is 0 Å². The highest BCUT2D eigenvalue weighted by Gasteiger charge is 2.37. The van der Waals surface area contributed by atoms with E-state index in [1.807, 2.05) is 0 Å². The summed E-state index contributed by atoms with van der Waals surface area (Å²) in [4.78, 5) is 0. The maximum absolute atomic E-state index is 6.10. The van der Waals surface area contributed by atoms with Crippen LogP contribution in [0.25, 0.3) is 0 Å². The van der Waals surface area contributed by atoms with Gasteiger partial charge in [0.2, 0.25) is 0 Å². The van der Waals surface area contributed by atoms with Crippen LogP contribution >= 0.6 is 15.9 Å². The van der Waals surface area contributed by atoms with Gasteiger partial charge in [-0.1, -0.05) is 35.2 Å². The first kappa shape index (κ1) is 11.9. The first-order valence-corrected chi connectivity index (χ1v) is 7.67. The minimum atomic E-state index is 0.313. The van der Waals surface area contributed by atoms with Crippen molar-refractivity contribution in [2.24, 2.45) is 5.92 Å². The Morgan fingerprint density at radius 2 is 2.00 bits per heavy atom. The number of halogens is 1. The summed E-state index contributed by atoms with van der Waals surface area (Å²) in [6.07, 6.45) is 12.3. The molecular weight excluding hydrogens is 252 g/mol. The van der Waals surface area contributed by atoms with Gasteiger partial charge in [0.05, 0.1) is 5.60 Å². The Balaban J connectivity index is 1.85. The molecule has 0 aromatic rings. The molecule has 1 unspecified atom stereocenters. The fourth-order valence-corrected chi connectivity index (χ4v) is 3.61. The van der Waals surface area contributed by atoms with E-state index < -0.39 is 0 Å². The summed E-state index contributed by atoms with van der Waals surface area (Å²) in [5, 5.41) is 1.16. The monoisotopic (exact) mass is 274 g/mol. The predicted octanol–water partition coefficient (Wildman–Crippen LogP) is 4.29. The quantitative estimate of drug-likeness (QED) is 0.698. The Labute approximate surface area is 102 Å². The van der Waals surface area contributed by atoms with Crippen LogP contribution in [0.1, 0.15) is 57.8 Å². The summed E-state index contributed by atoms with van der Waals surface area (Å²) < 4.78 is 6.10. The van der Waals surface area contributed by atoms with Gasteiger partial charge in [-0.25, -0.2) is 0 Å². The zero-order valence-corrected chi connectivity index (χ0v) is 11.2. The van der Waals surface area contributed by atoms with E-state index in [4.69, 9.17) is 4.74 Å². The zero-order valence-electron chi connectivity index (χ0n) is 9.64. The van der Waals surface area contributed by atoms with Crippen LogP contribution in [0.4, 0.5) is 0 Å². The molecule has 1 saturated heterocycles. The van der Waals surface area contributed by atoms with Gasteiger partial charge in [-0.2, -0.15) is 0 Å². The second-order valence-corrected chi connectivity index (χ2v) is 6.08. The molecule has 2 fully saturated rings. The topological polar surface area (TPSA) is 9.23 Å². The van der Waals surface area contributed by atoms with Gasteiger partial charge < -0.3 is 4.74 Å². The van der Waals surface area contributed by atoms with Gasteiger partial charge in [-0.05, 0) is 44.4 Å². The molecule has 2 rings (SSSR count). The summed E-state index contributed by atoms with van der Waals surface area (Å²) in [5.41, 5.74) is 0.313. The summed E-state index contributed by atoms with van der Waals surface area (Å²) >= 11 is 3.53. The smallest absolute Gasteiger partial charge is 0.0685 e. The minimum absolute atomic E-state index is 0.313. The fourth-order valence-electron chi connectivity index (χ4n) is 3.29. The lowest BCUT2D eigenvalue weighted by molar-refractivity contribution is -0.118. The highest BCUT2D eigenvalue weighted by molar-refractivity contribution is 9.09. The van der Waals surface area contributed by atoms with Crippen LogP contribution in [-0.2, 0) is 4.74 Å². The van der Waals surface area contributed by atoms with Crippen molar-refractivity contribution in [3.63, 3.8) is 0 Å². The third-order valence-corrected chi connectivity index (χ3v) is 4.67. The van der Waals surface area contributed by atoms with Gasteiger partial charge in [-0.3, -0.25) is 0 Å². The summed E-state index contributed by atoms with van der Waals surface area (Å²) in [6, 6.07) is 0. The lowest BCUT2D eigenvalue weighted by atomic mass is 9.75. The molecule has 0 bridgehead atoms. The van der Waals surface area contributed by atoms with E-state index in [0.29, 0.717) is 5.60 Å². The fraction of sp³-hybridized carbons (Fsp3) is 1.00. The third-order valence-electron chi connectivity index (χ3n) is 4.11. The number of alkyl halides is 1. The Hall–Kier alpha value is 0.440. The molecule has 1 nitrogen and oxygen atoms in total. The molecule has 1 aliphatic carbocycles. The number of ether oxygens (including phenoxy) is 1. The highest BCUT2D eigenvalue weighted by Crippen LogP contribution is 2.41. The minimum Gasteiger partial charge on any atom is -0.375 e. The Kier molecular flexibility index (Phi) is 4.51. The molecule has 88 valence electrons. The summed E-state index contributed by atoms with van der Waals surface area (Å²) in [5.74, 6) is 0.939. The number of hydrogen-bond donors (Lipinski definition) is 0. The molecule has 1 saturated carbocycles. The molecule has 1 spiro atoms. The van der Waals surface area contributed by atoms with E-state index in [-0.39, 0.29) is 0 Å². The van der Waals surface area contributed by atoms with Crippen molar-refractivity contribution in [2.75, 3.05) is 11.9 Å². The molecule has 0 aromatic carbocycles. The SMILES string of the molecule is BrCCCC1CCOC2(CCCCC2)C1. The lowest BCUT2D eigenvalue weighted by Gasteiger charge is -2.43. The maximum atomic E-state index is 6.10. The molecule has 1 heterocycles.